The Morgan fingerprint density at radius 2 is 2.08 bits per heavy atom. The molecule has 1 atom stereocenters. The number of hydrogen-bond acceptors (Lipinski definition) is 5. The van der Waals surface area contributed by atoms with Crippen molar-refractivity contribution < 1.29 is 8.91 Å². The van der Waals surface area contributed by atoms with Gasteiger partial charge in [-0.05, 0) is 48.7 Å². The molecule has 0 amide bonds. The lowest BCUT2D eigenvalue weighted by atomic mass is 9.93. The highest BCUT2D eigenvalue weighted by Gasteiger charge is 2.25. The first-order valence-electron chi connectivity index (χ1n) is 7.96. The van der Waals surface area contributed by atoms with Crippen molar-refractivity contribution in [1.82, 2.24) is 20.0 Å². The van der Waals surface area contributed by atoms with Crippen LogP contribution in [0.1, 0.15) is 30.0 Å². The molecule has 5 nitrogen and oxygen atoms in total. The highest BCUT2D eigenvalue weighted by Crippen LogP contribution is 2.31. The summed E-state index contributed by atoms with van der Waals surface area (Å²) in [5.74, 6) is 0.928. The molecule has 6 heteroatoms. The number of pyridine rings is 1. The van der Waals surface area contributed by atoms with Crippen LogP contribution in [0.25, 0.3) is 11.4 Å². The van der Waals surface area contributed by atoms with Crippen LogP contribution in [-0.4, -0.2) is 26.6 Å². The van der Waals surface area contributed by atoms with Gasteiger partial charge in [-0.1, -0.05) is 11.2 Å². The van der Waals surface area contributed by atoms with Crippen molar-refractivity contribution in [2.24, 2.45) is 0 Å². The molecule has 1 aliphatic heterocycles. The van der Waals surface area contributed by atoms with Gasteiger partial charge in [-0.3, -0.25) is 9.88 Å². The average molecular weight is 324 g/mol. The number of fused-ring (bicyclic) bond motifs is 1. The van der Waals surface area contributed by atoms with Gasteiger partial charge in [-0.25, -0.2) is 4.39 Å². The van der Waals surface area contributed by atoms with Crippen LogP contribution >= 0.6 is 0 Å². The van der Waals surface area contributed by atoms with Crippen LogP contribution in [0.4, 0.5) is 4.39 Å². The summed E-state index contributed by atoms with van der Waals surface area (Å²) < 4.78 is 18.9. The predicted molar refractivity (Wildman–Crippen MR) is 86.5 cm³/mol. The summed E-state index contributed by atoms with van der Waals surface area (Å²) in [7, 11) is 0. The molecule has 2 aromatic heterocycles. The summed E-state index contributed by atoms with van der Waals surface area (Å²) in [6, 6.07) is 8.84. The van der Waals surface area contributed by atoms with E-state index in [1.54, 1.807) is 18.5 Å². The van der Waals surface area contributed by atoms with Crippen LogP contribution in [0.3, 0.4) is 0 Å². The van der Waals surface area contributed by atoms with Crippen molar-refractivity contribution in [3.8, 4) is 11.4 Å². The van der Waals surface area contributed by atoms with Gasteiger partial charge in [-0.15, -0.1) is 0 Å². The highest BCUT2D eigenvalue weighted by atomic mass is 19.1. The quantitative estimate of drug-likeness (QED) is 0.739. The minimum Gasteiger partial charge on any atom is -0.338 e. The summed E-state index contributed by atoms with van der Waals surface area (Å²) >= 11 is 0. The van der Waals surface area contributed by atoms with Crippen LogP contribution in [-0.2, 0) is 13.0 Å². The molecule has 3 aromatic rings. The molecule has 1 aliphatic rings. The number of nitrogens with zero attached hydrogens (tertiary/aromatic N) is 4. The third-order valence-corrected chi connectivity index (χ3v) is 4.52. The summed E-state index contributed by atoms with van der Waals surface area (Å²) in [6.45, 7) is 3.51. The molecule has 0 saturated carbocycles. The third kappa shape index (κ3) is 2.80. The Labute approximate surface area is 139 Å². The first-order chi connectivity index (χ1) is 11.7. The minimum absolute atomic E-state index is 0.112. The van der Waals surface area contributed by atoms with Crippen LogP contribution in [0.15, 0.2) is 47.2 Å². The van der Waals surface area contributed by atoms with Gasteiger partial charge in [0.15, 0.2) is 0 Å². The van der Waals surface area contributed by atoms with E-state index in [-0.39, 0.29) is 11.9 Å². The van der Waals surface area contributed by atoms with Gasteiger partial charge < -0.3 is 4.52 Å². The monoisotopic (exact) mass is 324 g/mol. The second-order valence-corrected chi connectivity index (χ2v) is 5.99. The van der Waals surface area contributed by atoms with Gasteiger partial charge in [0.1, 0.15) is 5.82 Å². The lowest BCUT2D eigenvalue weighted by molar-refractivity contribution is 0.165. The van der Waals surface area contributed by atoms with E-state index in [0.29, 0.717) is 18.3 Å². The maximum Gasteiger partial charge on any atom is 0.241 e. The molecule has 4 rings (SSSR count). The van der Waals surface area contributed by atoms with E-state index < -0.39 is 0 Å². The molecular formula is C18H17FN4O. The van der Waals surface area contributed by atoms with Gasteiger partial charge >= 0.3 is 0 Å². The molecule has 0 fully saturated rings. The Balaban J connectivity index is 1.53. The minimum atomic E-state index is -0.194. The van der Waals surface area contributed by atoms with E-state index in [9.17, 15) is 4.39 Å². The summed E-state index contributed by atoms with van der Waals surface area (Å²) in [5.41, 5.74) is 3.12. The predicted octanol–water partition coefficient (Wildman–Crippen LogP) is 3.39. The van der Waals surface area contributed by atoms with Crippen molar-refractivity contribution >= 4 is 0 Å². The average Bonchev–Trinajstić information content (AvgIpc) is 3.07. The van der Waals surface area contributed by atoms with Gasteiger partial charge in [0.25, 0.3) is 0 Å². The Bertz CT molecular complexity index is 849. The molecule has 0 aliphatic carbocycles. The topological polar surface area (TPSA) is 55.1 Å². The maximum absolute atomic E-state index is 13.5. The molecule has 3 heterocycles. The molecule has 122 valence electrons. The normalized spacial score (nSPS) is 17.7. The Morgan fingerprint density at radius 3 is 2.92 bits per heavy atom. The zero-order chi connectivity index (χ0) is 16.5. The van der Waals surface area contributed by atoms with Gasteiger partial charge in [0.2, 0.25) is 11.7 Å². The van der Waals surface area contributed by atoms with Gasteiger partial charge in [0, 0.05) is 30.5 Å². The number of benzene rings is 1. The Morgan fingerprint density at radius 1 is 1.25 bits per heavy atom. The fourth-order valence-corrected chi connectivity index (χ4v) is 3.16. The van der Waals surface area contributed by atoms with Crippen LogP contribution in [0.2, 0.25) is 0 Å². The molecule has 24 heavy (non-hydrogen) atoms. The molecule has 0 saturated heterocycles. The first-order valence-corrected chi connectivity index (χ1v) is 7.96. The van der Waals surface area contributed by atoms with E-state index in [1.807, 2.05) is 18.2 Å². The molecular weight excluding hydrogens is 307 g/mol. The lowest BCUT2D eigenvalue weighted by Gasteiger charge is -2.34. The van der Waals surface area contributed by atoms with Crippen molar-refractivity contribution in [2.75, 3.05) is 6.54 Å². The number of hydrogen-bond donors (Lipinski definition) is 0. The largest absolute Gasteiger partial charge is 0.338 e. The number of aromatic nitrogens is 3. The molecule has 0 radical (unpaired) electrons. The van der Waals surface area contributed by atoms with E-state index >= 15 is 0 Å². The van der Waals surface area contributed by atoms with E-state index in [1.165, 1.54) is 11.6 Å². The molecule has 0 N–H and O–H groups in total. The molecule has 0 bridgehead atoms. The fraction of sp³-hybridized carbons (Fsp3) is 0.278. The van der Waals surface area contributed by atoms with Crippen molar-refractivity contribution in [3.63, 3.8) is 0 Å². The van der Waals surface area contributed by atoms with Crippen molar-refractivity contribution in [3.05, 3.63) is 65.6 Å². The smallest absolute Gasteiger partial charge is 0.241 e. The Kier molecular flexibility index (Phi) is 3.82. The zero-order valence-electron chi connectivity index (χ0n) is 13.3. The third-order valence-electron chi connectivity index (χ3n) is 4.52. The van der Waals surface area contributed by atoms with E-state index in [2.05, 4.69) is 26.9 Å². The SMILES string of the molecule is C[C@H]1c2cc(F)ccc2CCN1Cc1nc(-c2ccncc2)no1. The van der Waals surface area contributed by atoms with Crippen LogP contribution < -0.4 is 0 Å². The molecule has 0 unspecified atom stereocenters. The first kappa shape index (κ1) is 15.0. The van der Waals surface area contributed by atoms with Crippen LogP contribution in [0, 0.1) is 5.82 Å². The van der Waals surface area contributed by atoms with Gasteiger partial charge in [0.05, 0.1) is 6.54 Å². The Hall–Kier alpha value is -2.60. The summed E-state index contributed by atoms with van der Waals surface area (Å²) in [5, 5.41) is 4.03. The van der Waals surface area contributed by atoms with Crippen molar-refractivity contribution in [2.45, 2.75) is 25.9 Å². The standard InChI is InChI=1S/C18H17FN4O/c1-12-16-10-15(19)3-2-13(16)6-9-23(12)11-17-21-18(22-24-17)14-4-7-20-8-5-14/h2-5,7-8,10,12H,6,9,11H2,1H3/t12-/m0/s1. The molecule has 1 aromatic carbocycles. The van der Waals surface area contributed by atoms with Gasteiger partial charge in [-0.2, -0.15) is 4.98 Å². The van der Waals surface area contributed by atoms with E-state index in [0.717, 1.165) is 24.1 Å². The van der Waals surface area contributed by atoms with E-state index in [4.69, 9.17) is 4.52 Å². The number of rotatable bonds is 3. The summed E-state index contributed by atoms with van der Waals surface area (Å²) in [6.07, 6.45) is 4.29. The lowest BCUT2D eigenvalue weighted by Crippen LogP contribution is -2.33. The van der Waals surface area contributed by atoms with Crippen molar-refractivity contribution in [1.29, 1.82) is 0 Å². The second kappa shape index (κ2) is 6.13. The molecule has 0 spiro atoms. The summed E-state index contributed by atoms with van der Waals surface area (Å²) in [4.78, 5) is 10.7. The second-order valence-electron chi connectivity index (χ2n) is 5.99. The fourth-order valence-electron chi connectivity index (χ4n) is 3.16. The maximum atomic E-state index is 13.5. The number of halogens is 1. The highest BCUT2D eigenvalue weighted by molar-refractivity contribution is 5.52. The zero-order valence-corrected chi connectivity index (χ0v) is 13.3. The van der Waals surface area contributed by atoms with Crippen LogP contribution in [0.5, 0.6) is 0 Å².